The molecule has 0 spiro atoms. The monoisotopic (exact) mass is 339 g/mol. The van der Waals surface area contributed by atoms with Gasteiger partial charge in [-0.05, 0) is 43.4 Å². The van der Waals surface area contributed by atoms with Gasteiger partial charge in [0.1, 0.15) is 0 Å². The van der Waals surface area contributed by atoms with E-state index in [1.54, 1.807) is 17.0 Å². The van der Waals surface area contributed by atoms with Gasteiger partial charge in [0.05, 0.1) is 4.90 Å². The predicted molar refractivity (Wildman–Crippen MR) is 85.0 cm³/mol. The summed E-state index contributed by atoms with van der Waals surface area (Å²) in [6, 6.07) is 6.05. The number of piperidine rings is 1. The number of carbonyl (C=O) groups excluding carboxylic acids is 1. The van der Waals surface area contributed by atoms with Gasteiger partial charge in [0, 0.05) is 31.3 Å². The first-order valence-corrected chi connectivity index (χ1v) is 9.47. The lowest BCUT2D eigenvalue weighted by atomic mass is 9.93. The number of amides is 1. The fraction of sp³-hybridized carbons (Fsp3) is 0.500. The fourth-order valence-electron chi connectivity index (χ4n) is 2.86. The molecular weight excluding hydrogens is 318 g/mol. The highest BCUT2D eigenvalue weighted by molar-refractivity contribution is 7.90. The van der Waals surface area contributed by atoms with Crippen molar-refractivity contribution in [1.29, 1.82) is 0 Å². The van der Waals surface area contributed by atoms with Crippen LogP contribution in [0.4, 0.5) is 0 Å². The number of likely N-dealkylation sites (tertiary alicyclic amines) is 1. The standard InChI is InChI=1S/C16H21NO5S/c1-23(21,22)14-6-2-5-13(10-14)16(20)17-9-3-4-12(11-17)7-8-15(18)19/h2,5-6,10,12H,3-4,7-9,11H2,1H3,(H,18,19)/t12-/m0/s1. The van der Waals surface area contributed by atoms with Gasteiger partial charge in [-0.25, -0.2) is 8.42 Å². The van der Waals surface area contributed by atoms with Crippen LogP contribution in [0.2, 0.25) is 0 Å². The quantitative estimate of drug-likeness (QED) is 0.883. The minimum absolute atomic E-state index is 0.107. The SMILES string of the molecule is CS(=O)(=O)c1cccc(C(=O)N2CCC[C@@H](CCC(=O)O)C2)c1. The van der Waals surface area contributed by atoms with Crippen molar-refractivity contribution in [3.63, 3.8) is 0 Å². The molecule has 1 atom stereocenters. The van der Waals surface area contributed by atoms with Gasteiger partial charge < -0.3 is 10.0 Å². The summed E-state index contributed by atoms with van der Waals surface area (Å²) in [6.45, 7) is 1.14. The molecule has 0 aromatic heterocycles. The Bertz CT molecular complexity index is 698. The topological polar surface area (TPSA) is 91.8 Å². The third-order valence-electron chi connectivity index (χ3n) is 4.08. The lowest BCUT2D eigenvalue weighted by Gasteiger charge is -2.32. The number of carboxylic acids is 1. The predicted octanol–water partition coefficient (Wildman–Crippen LogP) is 1.81. The van der Waals surface area contributed by atoms with E-state index in [0.29, 0.717) is 25.1 Å². The maximum Gasteiger partial charge on any atom is 0.303 e. The van der Waals surface area contributed by atoms with E-state index >= 15 is 0 Å². The van der Waals surface area contributed by atoms with Crippen molar-refractivity contribution in [1.82, 2.24) is 4.90 Å². The number of benzene rings is 1. The zero-order valence-corrected chi connectivity index (χ0v) is 13.9. The van der Waals surface area contributed by atoms with Crippen LogP contribution in [0, 0.1) is 5.92 Å². The molecule has 1 aliphatic rings. The minimum atomic E-state index is -3.35. The summed E-state index contributed by atoms with van der Waals surface area (Å²) in [4.78, 5) is 25.1. The average Bonchev–Trinajstić information content (AvgIpc) is 2.52. The molecule has 1 heterocycles. The number of sulfone groups is 1. The van der Waals surface area contributed by atoms with Crippen LogP contribution in [0.1, 0.15) is 36.0 Å². The van der Waals surface area contributed by atoms with Crippen LogP contribution in [0.5, 0.6) is 0 Å². The van der Waals surface area contributed by atoms with E-state index in [4.69, 9.17) is 5.11 Å². The van der Waals surface area contributed by atoms with Crippen LogP contribution in [0.25, 0.3) is 0 Å². The molecule has 23 heavy (non-hydrogen) atoms. The molecule has 1 aliphatic heterocycles. The maximum atomic E-state index is 12.6. The van der Waals surface area contributed by atoms with Crippen LogP contribution in [0.3, 0.4) is 0 Å². The van der Waals surface area contributed by atoms with E-state index in [1.165, 1.54) is 12.1 Å². The average molecular weight is 339 g/mol. The van der Waals surface area contributed by atoms with Crippen LogP contribution < -0.4 is 0 Å². The Labute approximate surface area is 136 Å². The van der Waals surface area contributed by atoms with Crippen LogP contribution >= 0.6 is 0 Å². The van der Waals surface area contributed by atoms with Gasteiger partial charge in [-0.3, -0.25) is 9.59 Å². The third kappa shape index (κ3) is 4.79. The molecule has 1 fully saturated rings. The molecule has 1 aromatic rings. The molecule has 0 saturated carbocycles. The van der Waals surface area contributed by atoms with Crippen molar-refractivity contribution in [3.8, 4) is 0 Å². The van der Waals surface area contributed by atoms with Crippen molar-refractivity contribution >= 4 is 21.7 Å². The summed E-state index contributed by atoms with van der Waals surface area (Å²) in [5.41, 5.74) is 0.354. The number of carboxylic acid groups (broad SMARTS) is 1. The number of aliphatic carboxylic acids is 1. The lowest BCUT2D eigenvalue weighted by Crippen LogP contribution is -2.40. The van der Waals surface area contributed by atoms with Gasteiger partial charge in [0.2, 0.25) is 0 Å². The Balaban J connectivity index is 2.09. The maximum absolute atomic E-state index is 12.6. The molecule has 0 aliphatic carbocycles. The van der Waals surface area contributed by atoms with Crippen molar-refractivity contribution < 1.29 is 23.1 Å². The van der Waals surface area contributed by atoms with Gasteiger partial charge in [0.15, 0.2) is 9.84 Å². The largest absolute Gasteiger partial charge is 0.481 e. The molecule has 6 nitrogen and oxygen atoms in total. The van der Waals surface area contributed by atoms with Crippen molar-refractivity contribution in [2.75, 3.05) is 19.3 Å². The van der Waals surface area contributed by atoms with Gasteiger partial charge in [-0.15, -0.1) is 0 Å². The molecule has 0 unspecified atom stereocenters. The van der Waals surface area contributed by atoms with Crippen LogP contribution in [-0.4, -0.2) is 49.6 Å². The fourth-order valence-corrected chi connectivity index (χ4v) is 3.52. The molecule has 7 heteroatoms. The minimum Gasteiger partial charge on any atom is -0.481 e. The molecule has 1 amide bonds. The van der Waals surface area contributed by atoms with Crippen LogP contribution in [-0.2, 0) is 14.6 Å². The summed E-state index contributed by atoms with van der Waals surface area (Å²) in [5.74, 6) is -0.841. The van der Waals surface area contributed by atoms with Crippen molar-refractivity contribution in [2.24, 2.45) is 5.92 Å². The smallest absolute Gasteiger partial charge is 0.303 e. The van der Waals surface area contributed by atoms with Gasteiger partial charge in [-0.2, -0.15) is 0 Å². The highest BCUT2D eigenvalue weighted by Gasteiger charge is 2.25. The Hall–Kier alpha value is -1.89. The highest BCUT2D eigenvalue weighted by atomic mass is 32.2. The molecule has 1 aromatic carbocycles. The number of nitrogens with zero attached hydrogens (tertiary/aromatic N) is 1. The van der Waals surface area contributed by atoms with Crippen molar-refractivity contribution in [2.45, 2.75) is 30.6 Å². The van der Waals surface area contributed by atoms with Crippen LogP contribution in [0.15, 0.2) is 29.2 Å². The molecule has 1 N–H and O–H groups in total. The first-order valence-electron chi connectivity index (χ1n) is 7.58. The lowest BCUT2D eigenvalue weighted by molar-refractivity contribution is -0.137. The number of hydrogen-bond donors (Lipinski definition) is 1. The van der Waals surface area contributed by atoms with E-state index in [-0.39, 0.29) is 23.1 Å². The summed E-state index contributed by atoms with van der Waals surface area (Å²) < 4.78 is 23.2. The molecular formula is C16H21NO5S. The molecule has 0 bridgehead atoms. The Morgan fingerprint density at radius 3 is 2.74 bits per heavy atom. The zero-order valence-electron chi connectivity index (χ0n) is 13.1. The Morgan fingerprint density at radius 1 is 1.35 bits per heavy atom. The summed E-state index contributed by atoms with van der Waals surface area (Å²) in [5, 5.41) is 8.77. The summed E-state index contributed by atoms with van der Waals surface area (Å²) in [6.07, 6.45) is 3.53. The molecule has 0 radical (unpaired) electrons. The van der Waals surface area contributed by atoms with E-state index < -0.39 is 15.8 Å². The zero-order chi connectivity index (χ0) is 17.0. The van der Waals surface area contributed by atoms with E-state index in [2.05, 4.69) is 0 Å². The number of carbonyl (C=O) groups is 2. The van der Waals surface area contributed by atoms with Gasteiger partial charge >= 0.3 is 5.97 Å². The van der Waals surface area contributed by atoms with Crippen molar-refractivity contribution in [3.05, 3.63) is 29.8 Å². The number of hydrogen-bond acceptors (Lipinski definition) is 4. The summed E-state index contributed by atoms with van der Waals surface area (Å²) >= 11 is 0. The van der Waals surface area contributed by atoms with E-state index in [1.807, 2.05) is 0 Å². The van der Waals surface area contributed by atoms with E-state index in [9.17, 15) is 18.0 Å². The Morgan fingerprint density at radius 2 is 2.09 bits per heavy atom. The Kier molecular flexibility index (Phi) is 5.41. The second-order valence-electron chi connectivity index (χ2n) is 5.99. The highest BCUT2D eigenvalue weighted by Crippen LogP contribution is 2.23. The van der Waals surface area contributed by atoms with E-state index in [0.717, 1.165) is 19.1 Å². The normalized spacial score (nSPS) is 18.7. The molecule has 2 rings (SSSR count). The van der Waals surface area contributed by atoms with Gasteiger partial charge in [-0.1, -0.05) is 6.07 Å². The first kappa shape index (κ1) is 17.5. The third-order valence-corrected chi connectivity index (χ3v) is 5.19. The molecule has 1 saturated heterocycles. The summed E-state index contributed by atoms with van der Waals surface area (Å²) in [7, 11) is -3.35. The van der Waals surface area contributed by atoms with Gasteiger partial charge in [0.25, 0.3) is 5.91 Å². The first-order chi connectivity index (χ1) is 10.8. The second-order valence-corrected chi connectivity index (χ2v) is 8.01. The number of rotatable bonds is 5. The second kappa shape index (κ2) is 7.12. The molecule has 126 valence electrons.